The largest absolute Gasteiger partial charge is 0.492 e. The maximum atomic E-state index is 13.3. The second-order valence-corrected chi connectivity index (χ2v) is 10.1. The number of hydrogen-bond acceptors (Lipinski definition) is 9. The Bertz CT molecular complexity index is 1150. The maximum Gasteiger partial charge on any atom is 0.405 e. The second kappa shape index (κ2) is 14.7. The third-order valence-electron chi connectivity index (χ3n) is 6.95. The third-order valence-corrected chi connectivity index (χ3v) is 6.95. The Morgan fingerprint density at radius 3 is 2.35 bits per heavy atom. The molecule has 2 rings (SSSR count). The van der Waals surface area contributed by atoms with Gasteiger partial charge in [0.1, 0.15) is 6.10 Å². The summed E-state index contributed by atoms with van der Waals surface area (Å²) in [5, 5.41) is 13.7. The number of carbonyl (C=O) groups is 4. The van der Waals surface area contributed by atoms with E-state index in [1.54, 1.807) is 32.1 Å². The van der Waals surface area contributed by atoms with Gasteiger partial charge in [0, 0.05) is 37.4 Å². The Balaban J connectivity index is 2.60. The van der Waals surface area contributed by atoms with Crippen LogP contribution >= 0.6 is 0 Å². The predicted molar refractivity (Wildman–Crippen MR) is 147 cm³/mol. The molecule has 11 nitrogen and oxygen atoms in total. The van der Waals surface area contributed by atoms with Gasteiger partial charge >= 0.3 is 6.09 Å². The Morgan fingerprint density at radius 1 is 1.10 bits per heavy atom. The number of ketones is 2. The SMILES string of the molecule is COC1=C2C[C@H](C)C[C@H](OC)[C@H](O)[C@H](C)/C=C(\C)[C@@H](OC(N)=O)[C@@H](OC)/C=C/C=C(/C)C(=O)NC(=CC1=O)C2=O. The van der Waals surface area contributed by atoms with E-state index in [-0.39, 0.29) is 34.9 Å². The van der Waals surface area contributed by atoms with Crippen molar-refractivity contribution >= 4 is 23.6 Å². The van der Waals surface area contributed by atoms with E-state index in [1.807, 2.05) is 6.92 Å². The first-order valence-corrected chi connectivity index (χ1v) is 13.0. The van der Waals surface area contributed by atoms with E-state index in [9.17, 15) is 24.3 Å². The summed E-state index contributed by atoms with van der Waals surface area (Å²) in [5.74, 6) is -2.39. The Kier molecular flexibility index (Phi) is 12.0. The van der Waals surface area contributed by atoms with Crippen LogP contribution in [0.1, 0.15) is 40.5 Å². The highest BCUT2D eigenvalue weighted by molar-refractivity contribution is 6.23. The molecule has 2 aliphatic rings. The van der Waals surface area contributed by atoms with Crippen molar-refractivity contribution in [1.29, 1.82) is 0 Å². The van der Waals surface area contributed by atoms with Gasteiger partial charge in [-0.2, -0.15) is 0 Å². The lowest BCUT2D eigenvalue weighted by Crippen LogP contribution is -2.37. The molecule has 40 heavy (non-hydrogen) atoms. The number of allylic oxidation sites excluding steroid dienone is 4. The number of fused-ring (bicyclic) bond motifs is 2. The van der Waals surface area contributed by atoms with Crippen LogP contribution in [0.2, 0.25) is 0 Å². The van der Waals surface area contributed by atoms with Crippen molar-refractivity contribution < 1.29 is 43.2 Å². The number of methoxy groups -OCH3 is 3. The average molecular weight is 561 g/mol. The average Bonchev–Trinajstić information content (AvgIpc) is 2.90. The van der Waals surface area contributed by atoms with Crippen LogP contribution in [0.15, 0.2) is 58.6 Å². The smallest absolute Gasteiger partial charge is 0.405 e. The van der Waals surface area contributed by atoms with E-state index in [1.165, 1.54) is 34.3 Å². The number of carbonyl (C=O) groups excluding carboxylic acids is 4. The lowest BCUT2D eigenvalue weighted by atomic mass is 9.85. The van der Waals surface area contributed by atoms with E-state index < -0.39 is 53.9 Å². The molecule has 0 aromatic heterocycles. The number of ether oxygens (including phenoxy) is 4. The van der Waals surface area contributed by atoms with Crippen molar-refractivity contribution in [3.05, 3.63) is 58.6 Å². The van der Waals surface area contributed by atoms with Gasteiger partial charge in [-0.1, -0.05) is 38.2 Å². The van der Waals surface area contributed by atoms with E-state index in [4.69, 9.17) is 24.7 Å². The monoisotopic (exact) mass is 560 g/mol. The van der Waals surface area contributed by atoms with Gasteiger partial charge in [0.2, 0.25) is 11.6 Å². The molecule has 6 atom stereocenters. The van der Waals surface area contributed by atoms with E-state index in [0.717, 1.165) is 6.08 Å². The molecule has 1 heterocycles. The van der Waals surface area contributed by atoms with Crippen molar-refractivity contribution in [2.75, 3.05) is 21.3 Å². The van der Waals surface area contributed by atoms with Crippen LogP contribution in [0.5, 0.6) is 0 Å². The minimum Gasteiger partial charge on any atom is -0.492 e. The van der Waals surface area contributed by atoms with Gasteiger partial charge < -0.3 is 35.1 Å². The minimum atomic E-state index is -1.00. The van der Waals surface area contributed by atoms with Crippen LogP contribution in [-0.4, -0.2) is 74.4 Å². The number of aliphatic hydroxyl groups excluding tert-OH is 1. The molecule has 2 amide bonds. The summed E-state index contributed by atoms with van der Waals surface area (Å²) in [6.07, 6.45) is 3.61. The Hall–Kier alpha value is -3.54. The molecular formula is C29H40N2O9. The van der Waals surface area contributed by atoms with Gasteiger partial charge in [0.25, 0.3) is 5.91 Å². The summed E-state index contributed by atoms with van der Waals surface area (Å²) in [6.45, 7) is 6.92. The molecule has 0 saturated carbocycles. The van der Waals surface area contributed by atoms with Crippen LogP contribution in [0.4, 0.5) is 4.79 Å². The van der Waals surface area contributed by atoms with Crippen molar-refractivity contribution in [3.63, 3.8) is 0 Å². The predicted octanol–water partition coefficient (Wildman–Crippen LogP) is 2.41. The number of Topliss-reactive ketones (excluding diaryl/α,β-unsaturated/α-hetero) is 1. The van der Waals surface area contributed by atoms with Crippen molar-refractivity contribution in [1.82, 2.24) is 5.32 Å². The molecule has 220 valence electrons. The molecule has 1 aliphatic carbocycles. The van der Waals surface area contributed by atoms with Gasteiger partial charge in [-0.3, -0.25) is 14.4 Å². The number of hydrogen-bond donors (Lipinski definition) is 3. The summed E-state index contributed by atoms with van der Waals surface area (Å²) in [4.78, 5) is 50.6. The molecule has 0 aromatic rings. The molecule has 0 spiro atoms. The maximum absolute atomic E-state index is 13.3. The topological polar surface area (TPSA) is 163 Å². The van der Waals surface area contributed by atoms with Crippen LogP contribution in [-0.2, 0) is 33.3 Å². The lowest BCUT2D eigenvalue weighted by molar-refractivity contribution is -0.120. The first-order valence-electron chi connectivity index (χ1n) is 13.0. The molecule has 0 fully saturated rings. The Morgan fingerprint density at radius 2 is 1.77 bits per heavy atom. The van der Waals surface area contributed by atoms with Crippen LogP contribution in [0.25, 0.3) is 0 Å². The van der Waals surface area contributed by atoms with Crippen LogP contribution < -0.4 is 11.1 Å². The summed E-state index contributed by atoms with van der Waals surface area (Å²) in [7, 11) is 4.21. The summed E-state index contributed by atoms with van der Waals surface area (Å²) >= 11 is 0. The molecule has 1 aliphatic heterocycles. The van der Waals surface area contributed by atoms with Crippen molar-refractivity contribution in [3.8, 4) is 0 Å². The van der Waals surface area contributed by atoms with Crippen molar-refractivity contribution in [2.24, 2.45) is 17.6 Å². The highest BCUT2D eigenvalue weighted by atomic mass is 16.6. The standard InChI is InChI=1S/C29H40N2O9/c1-15-11-19-25(34)20(14-21(32)27(19)39-7)31-28(35)16(2)9-8-10-22(37-5)26(40-29(30)36)18(4)13-17(3)24(33)23(12-15)38-6/h8-10,13-15,17,22-24,26,33H,11-12H2,1-7H3,(H2,30,36)(H,31,35)/b10-8+,16-9-,18-13+/t15-,17+,22-,23-,24+,26+/m0/s1. The van der Waals surface area contributed by atoms with E-state index in [2.05, 4.69) is 5.32 Å². The minimum absolute atomic E-state index is 0.0801. The number of nitrogens with one attached hydrogen (secondary N) is 1. The summed E-state index contributed by atoms with van der Waals surface area (Å²) in [5.41, 5.74) is 6.12. The number of aliphatic hydroxyl groups is 1. The number of amides is 2. The fourth-order valence-electron chi connectivity index (χ4n) is 4.78. The normalized spacial score (nSPS) is 32.7. The fourth-order valence-corrected chi connectivity index (χ4v) is 4.78. The quantitative estimate of drug-likeness (QED) is 0.346. The van der Waals surface area contributed by atoms with E-state index >= 15 is 0 Å². The summed E-state index contributed by atoms with van der Waals surface area (Å²) in [6, 6.07) is 0. The highest BCUT2D eigenvalue weighted by Gasteiger charge is 2.34. The third kappa shape index (κ3) is 8.23. The second-order valence-electron chi connectivity index (χ2n) is 10.1. The van der Waals surface area contributed by atoms with Crippen LogP contribution in [0, 0.1) is 11.8 Å². The molecule has 0 aromatic carbocycles. The molecule has 0 saturated heterocycles. The number of primary amides is 1. The fraction of sp³-hybridized carbons (Fsp3) is 0.517. The van der Waals surface area contributed by atoms with Gasteiger partial charge in [-0.25, -0.2) is 4.79 Å². The first kappa shape index (κ1) is 32.7. The highest BCUT2D eigenvalue weighted by Crippen LogP contribution is 2.29. The molecule has 0 radical (unpaired) electrons. The van der Waals surface area contributed by atoms with Crippen molar-refractivity contribution in [2.45, 2.75) is 65.0 Å². The van der Waals surface area contributed by atoms with Gasteiger partial charge in [-0.15, -0.1) is 0 Å². The van der Waals surface area contributed by atoms with E-state index in [0.29, 0.717) is 12.0 Å². The van der Waals surface area contributed by atoms with Crippen LogP contribution in [0.3, 0.4) is 0 Å². The number of rotatable bonds is 4. The zero-order valence-corrected chi connectivity index (χ0v) is 24.1. The molecular weight excluding hydrogens is 520 g/mol. The number of nitrogens with two attached hydrogens (primary N) is 1. The molecule has 0 unspecified atom stereocenters. The Labute approximate surface area is 234 Å². The molecule has 4 N–H and O–H groups in total. The molecule has 2 bridgehead atoms. The van der Waals surface area contributed by atoms with Gasteiger partial charge in [-0.05, 0) is 38.2 Å². The van der Waals surface area contributed by atoms with Gasteiger partial charge in [0.15, 0.2) is 11.9 Å². The summed E-state index contributed by atoms with van der Waals surface area (Å²) < 4.78 is 21.7. The molecule has 11 heteroatoms. The van der Waals surface area contributed by atoms with Gasteiger partial charge in [0.05, 0.1) is 25.0 Å². The first-order chi connectivity index (χ1) is 18.8. The lowest BCUT2D eigenvalue weighted by Gasteiger charge is -2.29. The zero-order chi connectivity index (χ0) is 30.1. The zero-order valence-electron chi connectivity index (χ0n) is 24.1.